The van der Waals surface area contributed by atoms with Gasteiger partial charge in [-0.05, 0) is 24.3 Å². The van der Waals surface area contributed by atoms with Gasteiger partial charge in [0.2, 0.25) is 0 Å². The van der Waals surface area contributed by atoms with Crippen LogP contribution in [0.3, 0.4) is 0 Å². The number of rotatable bonds is 3. The first-order valence-electron chi connectivity index (χ1n) is 6.95. The Balaban J connectivity index is 1.68. The highest BCUT2D eigenvalue weighted by Crippen LogP contribution is 2.40. The molecule has 0 spiro atoms. The van der Waals surface area contributed by atoms with E-state index < -0.39 is 6.17 Å². The number of fused-ring (bicyclic) bond motifs is 1. The van der Waals surface area contributed by atoms with E-state index in [2.05, 4.69) is 10.1 Å². The fraction of sp³-hybridized carbons (Fsp3) is 0.467. The predicted molar refractivity (Wildman–Crippen MR) is 69.5 cm³/mol. The zero-order valence-electron chi connectivity index (χ0n) is 10.7. The summed E-state index contributed by atoms with van der Waals surface area (Å²) in [5.41, 5.74) is 1.12. The van der Waals surface area contributed by atoms with Crippen LogP contribution in [0.1, 0.15) is 48.7 Å². The fourth-order valence-electron chi connectivity index (χ4n) is 2.84. The van der Waals surface area contributed by atoms with Crippen LogP contribution in [0, 0.1) is 5.92 Å². The van der Waals surface area contributed by atoms with Gasteiger partial charge in [0.1, 0.15) is 0 Å². The summed E-state index contributed by atoms with van der Waals surface area (Å²) >= 11 is 0. The molecule has 3 nitrogen and oxygen atoms in total. The molecule has 4 heteroatoms. The van der Waals surface area contributed by atoms with E-state index in [9.17, 15) is 4.39 Å². The second kappa shape index (κ2) is 4.15. The van der Waals surface area contributed by atoms with Crippen LogP contribution < -0.4 is 0 Å². The molecule has 4 rings (SSSR count). The van der Waals surface area contributed by atoms with E-state index in [1.165, 1.54) is 12.8 Å². The highest BCUT2D eigenvalue weighted by atomic mass is 19.1. The van der Waals surface area contributed by atoms with E-state index in [1.54, 1.807) is 4.68 Å². The lowest BCUT2D eigenvalue weighted by Crippen LogP contribution is -2.08. The number of nitrogens with zero attached hydrogens (tertiary/aromatic N) is 3. The minimum atomic E-state index is -0.981. The number of alkyl halides is 1. The predicted octanol–water partition coefficient (Wildman–Crippen LogP) is 3.23. The maximum Gasteiger partial charge on any atom is 0.162 e. The molecule has 2 heterocycles. The molecule has 0 radical (unpaired) electrons. The van der Waals surface area contributed by atoms with Gasteiger partial charge in [0, 0.05) is 12.8 Å². The zero-order chi connectivity index (χ0) is 12.8. The van der Waals surface area contributed by atoms with Crippen LogP contribution in [0.25, 0.3) is 0 Å². The SMILES string of the molecule is F[C@H]1C[C@@H](c2ccccc2)n2nc(CC3CC3)nc21. The fourth-order valence-corrected chi connectivity index (χ4v) is 2.84. The quantitative estimate of drug-likeness (QED) is 0.845. The van der Waals surface area contributed by atoms with Crippen molar-refractivity contribution in [3.05, 3.63) is 47.5 Å². The first-order chi connectivity index (χ1) is 9.31. The summed E-state index contributed by atoms with van der Waals surface area (Å²) in [5.74, 6) is 2.07. The summed E-state index contributed by atoms with van der Waals surface area (Å²) in [6, 6.07) is 10.0. The van der Waals surface area contributed by atoms with Crippen molar-refractivity contribution in [1.29, 1.82) is 0 Å². The average Bonchev–Trinajstić information content (AvgIpc) is 3.05. The normalized spacial score (nSPS) is 25.5. The van der Waals surface area contributed by atoms with Crippen molar-refractivity contribution in [3.63, 3.8) is 0 Å². The standard InChI is InChI=1S/C15H16FN3/c16-12-9-13(11-4-2-1-3-5-11)19-15(12)17-14(18-19)8-10-6-7-10/h1-5,10,12-13H,6-9H2/t12-,13-/m0/s1. The largest absolute Gasteiger partial charge is 0.239 e. The molecular formula is C15H16FN3. The Hall–Kier alpha value is -1.71. The third-order valence-electron chi connectivity index (χ3n) is 4.06. The maximum atomic E-state index is 14.1. The Bertz CT molecular complexity index is 589. The van der Waals surface area contributed by atoms with Crippen molar-refractivity contribution < 1.29 is 4.39 Å². The molecule has 0 N–H and O–H groups in total. The summed E-state index contributed by atoms with van der Waals surface area (Å²) in [5, 5.41) is 4.54. The molecule has 1 saturated carbocycles. The van der Waals surface area contributed by atoms with E-state index in [0.29, 0.717) is 12.2 Å². The molecule has 2 atom stereocenters. The van der Waals surface area contributed by atoms with Gasteiger partial charge < -0.3 is 0 Å². The van der Waals surface area contributed by atoms with Gasteiger partial charge in [0.05, 0.1) is 6.04 Å². The van der Waals surface area contributed by atoms with Crippen molar-refractivity contribution in [2.45, 2.75) is 37.9 Å². The molecule has 1 aromatic carbocycles. The number of aromatic nitrogens is 3. The number of hydrogen-bond acceptors (Lipinski definition) is 2. The highest BCUT2D eigenvalue weighted by Gasteiger charge is 2.36. The van der Waals surface area contributed by atoms with Crippen LogP contribution in [0.15, 0.2) is 30.3 Å². The Morgan fingerprint density at radius 2 is 2.00 bits per heavy atom. The molecule has 0 amide bonds. The lowest BCUT2D eigenvalue weighted by Gasteiger charge is -2.11. The molecule has 1 aliphatic heterocycles. The van der Waals surface area contributed by atoms with Crippen LogP contribution in [0.5, 0.6) is 0 Å². The second-order valence-corrected chi connectivity index (χ2v) is 5.61. The lowest BCUT2D eigenvalue weighted by atomic mass is 10.0. The minimum Gasteiger partial charge on any atom is -0.239 e. The van der Waals surface area contributed by atoms with Crippen molar-refractivity contribution >= 4 is 0 Å². The smallest absolute Gasteiger partial charge is 0.162 e. The Morgan fingerprint density at radius 3 is 2.74 bits per heavy atom. The minimum absolute atomic E-state index is 0.00616. The second-order valence-electron chi connectivity index (χ2n) is 5.61. The van der Waals surface area contributed by atoms with Crippen LogP contribution in [0.2, 0.25) is 0 Å². The van der Waals surface area contributed by atoms with Crippen molar-refractivity contribution in [2.24, 2.45) is 5.92 Å². The third kappa shape index (κ3) is 1.95. The first-order valence-corrected chi connectivity index (χ1v) is 6.95. The highest BCUT2D eigenvalue weighted by molar-refractivity contribution is 5.23. The Morgan fingerprint density at radius 1 is 1.21 bits per heavy atom. The average molecular weight is 257 g/mol. The zero-order valence-corrected chi connectivity index (χ0v) is 10.7. The molecule has 0 unspecified atom stereocenters. The van der Waals surface area contributed by atoms with Crippen LogP contribution in [0.4, 0.5) is 4.39 Å². The summed E-state index contributed by atoms with van der Waals surface area (Å²) in [6.07, 6.45) is 2.93. The molecule has 1 aromatic heterocycles. The molecule has 0 bridgehead atoms. The van der Waals surface area contributed by atoms with Crippen LogP contribution in [-0.4, -0.2) is 14.8 Å². The van der Waals surface area contributed by atoms with E-state index in [0.717, 1.165) is 23.7 Å². The third-order valence-corrected chi connectivity index (χ3v) is 4.06. The van der Waals surface area contributed by atoms with Gasteiger partial charge in [-0.1, -0.05) is 30.3 Å². The monoisotopic (exact) mass is 257 g/mol. The molecule has 2 aliphatic rings. The molecular weight excluding hydrogens is 241 g/mol. The number of benzene rings is 1. The molecule has 19 heavy (non-hydrogen) atoms. The number of halogens is 1. The van der Waals surface area contributed by atoms with Crippen LogP contribution in [-0.2, 0) is 6.42 Å². The maximum absolute atomic E-state index is 14.1. The summed E-state index contributed by atoms with van der Waals surface area (Å²) < 4.78 is 15.9. The van der Waals surface area contributed by atoms with E-state index in [-0.39, 0.29) is 6.04 Å². The van der Waals surface area contributed by atoms with Gasteiger partial charge in [-0.2, -0.15) is 5.10 Å². The van der Waals surface area contributed by atoms with Gasteiger partial charge in [0.25, 0.3) is 0 Å². The molecule has 2 aromatic rings. The number of hydrogen-bond donors (Lipinski definition) is 0. The summed E-state index contributed by atoms with van der Waals surface area (Å²) in [7, 11) is 0. The van der Waals surface area contributed by atoms with Crippen molar-refractivity contribution in [3.8, 4) is 0 Å². The van der Waals surface area contributed by atoms with Crippen molar-refractivity contribution in [2.75, 3.05) is 0 Å². The van der Waals surface area contributed by atoms with E-state index in [4.69, 9.17) is 0 Å². The molecule has 98 valence electrons. The molecule has 1 fully saturated rings. The Kier molecular flexibility index (Phi) is 2.43. The van der Waals surface area contributed by atoms with Crippen LogP contribution >= 0.6 is 0 Å². The van der Waals surface area contributed by atoms with Crippen molar-refractivity contribution in [1.82, 2.24) is 14.8 Å². The van der Waals surface area contributed by atoms with Gasteiger partial charge in [0.15, 0.2) is 17.8 Å². The van der Waals surface area contributed by atoms with Gasteiger partial charge in [-0.15, -0.1) is 0 Å². The van der Waals surface area contributed by atoms with Gasteiger partial charge in [-0.3, -0.25) is 0 Å². The van der Waals surface area contributed by atoms with Gasteiger partial charge >= 0.3 is 0 Å². The molecule has 0 saturated heterocycles. The Labute approximate surface area is 111 Å². The van der Waals surface area contributed by atoms with E-state index in [1.807, 2.05) is 30.3 Å². The first kappa shape index (κ1) is 11.1. The topological polar surface area (TPSA) is 30.7 Å². The lowest BCUT2D eigenvalue weighted by molar-refractivity contribution is 0.328. The van der Waals surface area contributed by atoms with E-state index >= 15 is 0 Å². The summed E-state index contributed by atoms with van der Waals surface area (Å²) in [4.78, 5) is 4.40. The summed E-state index contributed by atoms with van der Waals surface area (Å²) in [6.45, 7) is 0. The van der Waals surface area contributed by atoms with Gasteiger partial charge in [-0.25, -0.2) is 14.1 Å². The molecule has 1 aliphatic carbocycles.